The van der Waals surface area contributed by atoms with Crippen molar-refractivity contribution in [2.45, 2.75) is 54.6 Å². The van der Waals surface area contributed by atoms with E-state index in [-0.39, 0.29) is 0 Å². The Balaban J connectivity index is 1.57. The van der Waals surface area contributed by atoms with Crippen LogP contribution in [0, 0.1) is 32.5 Å². The van der Waals surface area contributed by atoms with Crippen molar-refractivity contribution in [1.82, 2.24) is 0 Å². The summed E-state index contributed by atoms with van der Waals surface area (Å²) < 4.78 is 0.375. The highest BCUT2D eigenvalue weighted by Gasteiger charge is 3.25. The fourth-order valence-electron chi connectivity index (χ4n) is 8.72. The smallest absolute Gasteiger partial charge is 0.0714 e. The molecular weight excluding hydrogens is 340 g/mol. The lowest BCUT2D eigenvalue weighted by Gasteiger charge is -1.94. The summed E-state index contributed by atoms with van der Waals surface area (Å²) in [6.45, 7) is 0. The van der Waals surface area contributed by atoms with Crippen LogP contribution in [0.5, 0.6) is 0 Å². The van der Waals surface area contributed by atoms with Crippen molar-refractivity contribution in [1.29, 1.82) is 0 Å². The molecule has 7 rings (SSSR count). The molecule has 0 atom stereocenters. The highest BCUT2D eigenvalue weighted by atomic mass is 79.9. The van der Waals surface area contributed by atoms with Crippen LogP contribution in [-0.2, 0) is 0 Å². The number of hydrogen-bond acceptors (Lipinski definition) is 0. The van der Waals surface area contributed by atoms with Gasteiger partial charge >= 0.3 is 0 Å². The molecule has 0 saturated heterocycles. The second-order valence-corrected chi connectivity index (χ2v) is 11.8. The van der Waals surface area contributed by atoms with Gasteiger partial charge in [-0.15, -0.1) is 0 Å². The lowest BCUT2D eigenvalue weighted by molar-refractivity contribution is 0.535. The molecule has 6 spiro atoms. The maximum atomic E-state index is 4.23. The zero-order valence-electron chi connectivity index (χ0n) is 9.91. The fourth-order valence-corrected chi connectivity index (χ4v) is 12.8. The predicted octanol–water partition coefficient (Wildman–Crippen LogP) is 4.61. The summed E-state index contributed by atoms with van der Waals surface area (Å²) in [4.78, 5) is 0. The Hall–Kier alpha value is 0.960. The molecule has 7 aliphatic carbocycles. The number of halogens is 2. The molecule has 0 aromatic carbocycles. The first-order valence-corrected chi connectivity index (χ1v) is 9.04. The van der Waals surface area contributed by atoms with Crippen LogP contribution in [0.25, 0.3) is 0 Å². The molecule has 0 nitrogen and oxygen atoms in total. The van der Waals surface area contributed by atoms with Gasteiger partial charge in [0.15, 0.2) is 0 Å². The third kappa shape index (κ3) is 0.412. The summed E-state index contributed by atoms with van der Waals surface area (Å²) in [6, 6.07) is 0. The van der Waals surface area contributed by atoms with Gasteiger partial charge in [0, 0.05) is 10.8 Å². The molecule has 0 N–H and O–H groups in total. The molecular formula is C15H16Br2. The van der Waals surface area contributed by atoms with Gasteiger partial charge in [-0.3, -0.25) is 0 Å². The topological polar surface area (TPSA) is 0 Å². The molecule has 7 aliphatic rings. The summed E-state index contributed by atoms with van der Waals surface area (Å²) in [6.07, 6.45) is 12.6. The molecule has 0 aromatic heterocycles. The van der Waals surface area contributed by atoms with E-state index in [9.17, 15) is 0 Å². The van der Waals surface area contributed by atoms with E-state index in [2.05, 4.69) is 31.9 Å². The molecule has 90 valence electrons. The number of fused-ring (bicyclic) bond motifs is 7. The standard InChI is InChI=1S/C15H16Br2/c16-15(17)13(9(1-2-9)10(13)3-4-10)14(15)11(5-6-11)12(14)7-8-12/h1-8H2. The Morgan fingerprint density at radius 2 is 0.706 bits per heavy atom. The average molecular weight is 356 g/mol. The van der Waals surface area contributed by atoms with Crippen molar-refractivity contribution in [2.75, 3.05) is 0 Å². The zero-order chi connectivity index (χ0) is 11.2. The van der Waals surface area contributed by atoms with Crippen molar-refractivity contribution in [2.24, 2.45) is 32.5 Å². The van der Waals surface area contributed by atoms with Crippen molar-refractivity contribution in [3.8, 4) is 0 Å². The van der Waals surface area contributed by atoms with Crippen molar-refractivity contribution in [3.63, 3.8) is 0 Å². The summed E-state index contributed by atoms with van der Waals surface area (Å²) in [5, 5.41) is 0. The molecule has 0 radical (unpaired) electrons. The van der Waals surface area contributed by atoms with Gasteiger partial charge in [0.05, 0.1) is 3.23 Å². The summed E-state index contributed by atoms with van der Waals surface area (Å²) >= 11 is 8.47. The molecule has 7 saturated carbocycles. The van der Waals surface area contributed by atoms with Crippen LogP contribution in [-0.4, -0.2) is 3.23 Å². The van der Waals surface area contributed by atoms with Crippen LogP contribution < -0.4 is 0 Å². The van der Waals surface area contributed by atoms with E-state index in [0.717, 1.165) is 32.5 Å². The largest absolute Gasteiger partial charge is 0.0952 e. The van der Waals surface area contributed by atoms with Crippen LogP contribution in [0.3, 0.4) is 0 Å². The minimum atomic E-state index is 0.375. The van der Waals surface area contributed by atoms with E-state index in [1.165, 1.54) is 0 Å². The zero-order valence-corrected chi connectivity index (χ0v) is 13.1. The van der Waals surface area contributed by atoms with E-state index in [1.807, 2.05) is 0 Å². The quantitative estimate of drug-likeness (QED) is 0.557. The van der Waals surface area contributed by atoms with Gasteiger partial charge in [-0.1, -0.05) is 31.9 Å². The normalized spacial score (nSPS) is 51.2. The Kier molecular flexibility index (Phi) is 0.881. The van der Waals surface area contributed by atoms with E-state index in [0.29, 0.717) is 3.23 Å². The van der Waals surface area contributed by atoms with E-state index >= 15 is 0 Å². The molecule has 7 fully saturated rings. The molecule has 2 heteroatoms. The first kappa shape index (κ1) is 9.00. The minimum Gasteiger partial charge on any atom is -0.0714 e. The van der Waals surface area contributed by atoms with Crippen molar-refractivity contribution < 1.29 is 0 Å². The summed E-state index contributed by atoms with van der Waals surface area (Å²) in [7, 11) is 0. The Morgan fingerprint density at radius 1 is 0.471 bits per heavy atom. The predicted molar refractivity (Wildman–Crippen MR) is 72.1 cm³/mol. The summed E-state index contributed by atoms with van der Waals surface area (Å²) in [5.41, 5.74) is 4.85. The number of hydrogen-bond donors (Lipinski definition) is 0. The lowest BCUT2D eigenvalue weighted by atomic mass is 10.1. The van der Waals surface area contributed by atoms with Gasteiger partial charge in [-0.2, -0.15) is 0 Å². The van der Waals surface area contributed by atoms with E-state index in [1.54, 1.807) is 51.4 Å². The van der Waals surface area contributed by atoms with E-state index in [4.69, 9.17) is 0 Å². The minimum absolute atomic E-state index is 0.375. The monoisotopic (exact) mass is 354 g/mol. The first-order chi connectivity index (χ1) is 8.08. The van der Waals surface area contributed by atoms with Crippen molar-refractivity contribution >= 4 is 31.9 Å². The highest BCUT2D eigenvalue weighted by Crippen LogP contribution is 3.28. The second-order valence-electron chi connectivity index (χ2n) is 8.40. The fraction of sp³-hybridized carbons (Fsp3) is 1.00. The average Bonchev–Trinajstić information content (AvgIpc) is 3.01. The van der Waals surface area contributed by atoms with Crippen LogP contribution in [0.2, 0.25) is 0 Å². The van der Waals surface area contributed by atoms with Crippen LogP contribution in [0.4, 0.5) is 0 Å². The third-order valence-corrected chi connectivity index (χ3v) is 11.4. The molecule has 17 heavy (non-hydrogen) atoms. The molecule has 0 aromatic rings. The van der Waals surface area contributed by atoms with Crippen molar-refractivity contribution in [3.05, 3.63) is 0 Å². The van der Waals surface area contributed by atoms with Gasteiger partial charge in [0.25, 0.3) is 0 Å². The SMILES string of the molecule is BrC1(Br)C2(C3(CC3)C23CC3)C12C1(CC1)C21CC1. The highest BCUT2D eigenvalue weighted by molar-refractivity contribution is 9.25. The Bertz CT molecular complexity index is 457. The van der Waals surface area contributed by atoms with Gasteiger partial charge in [0.1, 0.15) is 0 Å². The molecule has 0 heterocycles. The van der Waals surface area contributed by atoms with Gasteiger partial charge in [0.2, 0.25) is 0 Å². The van der Waals surface area contributed by atoms with Gasteiger partial charge in [-0.25, -0.2) is 0 Å². The number of rotatable bonds is 0. The van der Waals surface area contributed by atoms with Crippen LogP contribution in [0.15, 0.2) is 0 Å². The molecule has 0 amide bonds. The maximum Gasteiger partial charge on any atom is 0.0952 e. The lowest BCUT2D eigenvalue weighted by Crippen LogP contribution is -1.91. The molecule has 0 aliphatic heterocycles. The van der Waals surface area contributed by atoms with E-state index < -0.39 is 0 Å². The molecule has 0 unspecified atom stereocenters. The number of alkyl halides is 2. The van der Waals surface area contributed by atoms with Crippen LogP contribution >= 0.6 is 31.9 Å². The molecule has 0 bridgehead atoms. The summed E-state index contributed by atoms with van der Waals surface area (Å²) in [5.74, 6) is 0. The first-order valence-electron chi connectivity index (χ1n) is 7.46. The van der Waals surface area contributed by atoms with Gasteiger partial charge < -0.3 is 0 Å². The van der Waals surface area contributed by atoms with Gasteiger partial charge in [-0.05, 0) is 73.0 Å². The Morgan fingerprint density at radius 3 is 0.882 bits per heavy atom. The second kappa shape index (κ2) is 1.66. The Labute approximate surface area is 119 Å². The third-order valence-electron chi connectivity index (χ3n) is 9.02. The maximum absolute atomic E-state index is 4.23. The van der Waals surface area contributed by atoms with Crippen LogP contribution in [0.1, 0.15) is 51.4 Å².